The van der Waals surface area contributed by atoms with Gasteiger partial charge in [0.2, 0.25) is 5.91 Å². The lowest BCUT2D eigenvalue weighted by atomic mass is 10.0. The van der Waals surface area contributed by atoms with Crippen molar-refractivity contribution >= 4 is 5.91 Å². The van der Waals surface area contributed by atoms with E-state index in [4.69, 9.17) is 0 Å². The Hall–Kier alpha value is -0.570. The monoisotopic (exact) mass is 250 g/mol. The van der Waals surface area contributed by atoms with Crippen molar-refractivity contribution in [2.24, 2.45) is 16.7 Å². The molecule has 2 bridgehead atoms. The lowest BCUT2D eigenvalue weighted by Crippen LogP contribution is -2.40. The summed E-state index contributed by atoms with van der Waals surface area (Å²) in [5, 5.41) is 3.64. The highest BCUT2D eigenvalue weighted by Crippen LogP contribution is 2.68. The number of nitrogens with zero attached hydrogens (tertiary/aromatic N) is 1. The molecule has 0 spiro atoms. The minimum absolute atomic E-state index is 0.169. The number of amides is 1. The van der Waals surface area contributed by atoms with Gasteiger partial charge in [-0.05, 0) is 30.1 Å². The van der Waals surface area contributed by atoms with E-state index >= 15 is 0 Å². The van der Waals surface area contributed by atoms with E-state index in [0.717, 1.165) is 19.5 Å². The molecule has 0 aromatic rings. The van der Waals surface area contributed by atoms with Crippen molar-refractivity contribution in [3.63, 3.8) is 0 Å². The van der Waals surface area contributed by atoms with Gasteiger partial charge in [0.1, 0.15) is 0 Å². The predicted octanol–water partition coefficient (Wildman–Crippen LogP) is 2.02. The maximum atomic E-state index is 12.7. The van der Waals surface area contributed by atoms with Gasteiger partial charge >= 0.3 is 0 Å². The van der Waals surface area contributed by atoms with Crippen LogP contribution in [0.1, 0.15) is 47.0 Å². The number of rotatable bonds is 1. The van der Waals surface area contributed by atoms with E-state index in [9.17, 15) is 4.79 Å². The molecule has 3 nitrogen and oxygen atoms in total. The van der Waals surface area contributed by atoms with E-state index < -0.39 is 0 Å². The van der Waals surface area contributed by atoms with Crippen LogP contribution in [-0.2, 0) is 4.79 Å². The summed E-state index contributed by atoms with van der Waals surface area (Å²) in [7, 11) is 0. The van der Waals surface area contributed by atoms with Crippen molar-refractivity contribution in [2.45, 2.75) is 59.0 Å². The number of likely N-dealkylation sites (tertiary alicyclic amines) is 1. The van der Waals surface area contributed by atoms with Gasteiger partial charge in [-0.25, -0.2) is 0 Å². The van der Waals surface area contributed by atoms with Crippen molar-refractivity contribution in [1.29, 1.82) is 0 Å². The van der Waals surface area contributed by atoms with Crippen molar-refractivity contribution in [3.8, 4) is 0 Å². The van der Waals surface area contributed by atoms with Gasteiger partial charge in [-0.15, -0.1) is 0 Å². The molecule has 3 heteroatoms. The standard InChI is InChI=1S/C15H26N2O/c1-14(2)12(15(14,3)4)13(18)17-8-7-10-5-6-11(9-17)16-10/h10-12,16H,5-9H2,1-4H3. The lowest BCUT2D eigenvalue weighted by Gasteiger charge is -2.25. The smallest absolute Gasteiger partial charge is 0.226 e. The third-order valence-corrected chi connectivity index (χ3v) is 6.10. The Kier molecular flexibility index (Phi) is 2.58. The fourth-order valence-electron chi connectivity index (χ4n) is 4.14. The van der Waals surface area contributed by atoms with Crippen LogP contribution in [0.4, 0.5) is 0 Å². The van der Waals surface area contributed by atoms with E-state index in [1.54, 1.807) is 0 Å². The average molecular weight is 250 g/mol. The van der Waals surface area contributed by atoms with Crippen LogP contribution < -0.4 is 5.32 Å². The lowest BCUT2D eigenvalue weighted by molar-refractivity contribution is -0.134. The van der Waals surface area contributed by atoms with Gasteiger partial charge in [0, 0.05) is 31.1 Å². The molecule has 3 aliphatic rings. The molecular formula is C15H26N2O. The van der Waals surface area contributed by atoms with Gasteiger partial charge in [0.05, 0.1) is 0 Å². The maximum absolute atomic E-state index is 12.7. The molecule has 2 atom stereocenters. The molecule has 1 amide bonds. The molecule has 2 unspecified atom stereocenters. The minimum Gasteiger partial charge on any atom is -0.341 e. The van der Waals surface area contributed by atoms with Crippen LogP contribution in [-0.4, -0.2) is 36.0 Å². The fourth-order valence-corrected chi connectivity index (χ4v) is 4.14. The zero-order chi connectivity index (χ0) is 13.1. The SMILES string of the molecule is CC1(C)C(C(=O)N2CCC3CCC(C2)N3)C1(C)C. The first-order chi connectivity index (χ1) is 8.34. The molecule has 2 aliphatic heterocycles. The molecule has 1 saturated carbocycles. The molecular weight excluding hydrogens is 224 g/mol. The van der Waals surface area contributed by atoms with Gasteiger partial charge in [0.15, 0.2) is 0 Å². The quantitative estimate of drug-likeness (QED) is 0.772. The molecule has 18 heavy (non-hydrogen) atoms. The third kappa shape index (κ3) is 1.63. The average Bonchev–Trinajstić information content (AvgIpc) is 2.52. The summed E-state index contributed by atoms with van der Waals surface area (Å²) in [6.07, 6.45) is 3.68. The summed E-state index contributed by atoms with van der Waals surface area (Å²) in [5.74, 6) is 0.626. The highest BCUT2D eigenvalue weighted by Gasteiger charge is 2.68. The normalized spacial score (nSPS) is 37.4. The molecule has 3 fully saturated rings. The zero-order valence-electron chi connectivity index (χ0n) is 12.1. The predicted molar refractivity (Wildman–Crippen MR) is 72.2 cm³/mol. The molecule has 1 aliphatic carbocycles. The Balaban J connectivity index is 1.71. The van der Waals surface area contributed by atoms with Crippen LogP contribution in [0.5, 0.6) is 0 Å². The molecule has 0 aromatic carbocycles. The number of hydrogen-bond acceptors (Lipinski definition) is 2. The van der Waals surface area contributed by atoms with Crippen LogP contribution in [0.15, 0.2) is 0 Å². The van der Waals surface area contributed by atoms with E-state index in [2.05, 4.69) is 37.9 Å². The second kappa shape index (κ2) is 3.72. The first-order valence-electron chi connectivity index (χ1n) is 7.39. The van der Waals surface area contributed by atoms with Gasteiger partial charge in [-0.1, -0.05) is 27.7 Å². The second-order valence-electron chi connectivity index (χ2n) is 7.59. The molecule has 0 aromatic heterocycles. The summed E-state index contributed by atoms with van der Waals surface area (Å²) < 4.78 is 0. The highest BCUT2D eigenvalue weighted by atomic mass is 16.2. The van der Waals surface area contributed by atoms with Gasteiger partial charge in [-0.3, -0.25) is 4.79 Å². The van der Waals surface area contributed by atoms with E-state index in [1.165, 1.54) is 12.8 Å². The first kappa shape index (κ1) is 12.5. The number of hydrogen-bond donors (Lipinski definition) is 1. The van der Waals surface area contributed by atoms with E-state index in [1.807, 2.05) is 0 Å². The summed E-state index contributed by atoms with van der Waals surface area (Å²) >= 11 is 0. The Morgan fingerprint density at radius 3 is 2.28 bits per heavy atom. The van der Waals surface area contributed by atoms with Crippen LogP contribution in [0.3, 0.4) is 0 Å². The molecule has 2 heterocycles. The second-order valence-corrected chi connectivity index (χ2v) is 7.59. The Bertz CT molecular complexity index is 361. The Morgan fingerprint density at radius 2 is 1.67 bits per heavy atom. The number of carbonyl (C=O) groups excluding carboxylic acids is 1. The van der Waals surface area contributed by atoms with Crippen molar-refractivity contribution < 1.29 is 4.79 Å². The fraction of sp³-hybridized carbons (Fsp3) is 0.933. The first-order valence-corrected chi connectivity index (χ1v) is 7.39. The maximum Gasteiger partial charge on any atom is 0.226 e. The van der Waals surface area contributed by atoms with E-state index in [-0.39, 0.29) is 16.7 Å². The summed E-state index contributed by atoms with van der Waals surface area (Å²) in [5.41, 5.74) is 0.339. The Labute approximate surface area is 110 Å². The van der Waals surface area contributed by atoms with Crippen LogP contribution in [0.25, 0.3) is 0 Å². The van der Waals surface area contributed by atoms with Gasteiger partial charge in [0.25, 0.3) is 0 Å². The number of nitrogens with one attached hydrogen (secondary N) is 1. The number of carbonyl (C=O) groups is 1. The van der Waals surface area contributed by atoms with E-state index in [0.29, 0.717) is 18.0 Å². The van der Waals surface area contributed by atoms with Crippen LogP contribution in [0, 0.1) is 16.7 Å². The number of fused-ring (bicyclic) bond motifs is 2. The molecule has 2 saturated heterocycles. The largest absolute Gasteiger partial charge is 0.341 e. The minimum atomic E-state index is 0.169. The molecule has 0 radical (unpaired) electrons. The third-order valence-electron chi connectivity index (χ3n) is 6.10. The highest BCUT2D eigenvalue weighted by molar-refractivity contribution is 5.84. The van der Waals surface area contributed by atoms with Crippen LogP contribution >= 0.6 is 0 Å². The van der Waals surface area contributed by atoms with Crippen molar-refractivity contribution in [3.05, 3.63) is 0 Å². The topological polar surface area (TPSA) is 32.3 Å². The molecule has 3 rings (SSSR count). The van der Waals surface area contributed by atoms with Crippen molar-refractivity contribution in [2.75, 3.05) is 13.1 Å². The summed E-state index contributed by atoms with van der Waals surface area (Å²) in [4.78, 5) is 14.9. The summed E-state index contributed by atoms with van der Waals surface area (Å²) in [6.45, 7) is 10.8. The van der Waals surface area contributed by atoms with Gasteiger partial charge < -0.3 is 10.2 Å². The molecule has 102 valence electrons. The van der Waals surface area contributed by atoms with Crippen LogP contribution in [0.2, 0.25) is 0 Å². The van der Waals surface area contributed by atoms with Gasteiger partial charge in [-0.2, -0.15) is 0 Å². The molecule has 1 N–H and O–H groups in total. The summed E-state index contributed by atoms with van der Waals surface area (Å²) in [6, 6.07) is 1.21. The Morgan fingerprint density at radius 1 is 1.06 bits per heavy atom. The van der Waals surface area contributed by atoms with Crippen molar-refractivity contribution in [1.82, 2.24) is 10.2 Å². The zero-order valence-corrected chi connectivity index (χ0v) is 12.1.